The number of aromatic hydroxyl groups is 1. The molecule has 1 unspecified atom stereocenters. The highest BCUT2D eigenvalue weighted by atomic mass is 16.3. The number of Topliss-reactive ketones (excluding diaryl/α,β-unsaturated/α-hetero) is 1. The van der Waals surface area contributed by atoms with Crippen molar-refractivity contribution in [2.75, 3.05) is 0 Å². The van der Waals surface area contributed by atoms with Gasteiger partial charge in [-0.25, -0.2) is 9.78 Å². The molecule has 2 amide bonds. The third kappa shape index (κ3) is 2.89. The number of phenolic OH excluding ortho intramolecular Hbond substituents is 1. The summed E-state index contributed by atoms with van der Waals surface area (Å²) in [6.07, 6.45) is 4.30. The van der Waals surface area contributed by atoms with E-state index in [0.717, 1.165) is 0 Å². The average molecular weight is 310 g/mol. The molecule has 2 heterocycles. The summed E-state index contributed by atoms with van der Waals surface area (Å²) in [5.41, 5.74) is 1.73. The molecule has 0 bridgehead atoms. The number of nitrogens with one attached hydrogen (secondary N) is 2. The Hall–Kier alpha value is -3.22. The summed E-state index contributed by atoms with van der Waals surface area (Å²) in [6.45, 7) is 1.66. The topological polar surface area (TPSA) is 104 Å². The molecule has 116 valence electrons. The van der Waals surface area contributed by atoms with Crippen molar-refractivity contribution in [1.82, 2.24) is 20.6 Å². The molecule has 1 aliphatic rings. The highest BCUT2D eigenvalue weighted by Crippen LogP contribution is 2.29. The summed E-state index contributed by atoms with van der Waals surface area (Å²) >= 11 is 0. The van der Waals surface area contributed by atoms with E-state index in [4.69, 9.17) is 0 Å². The number of carbonyl (C=O) groups excluding carboxylic acids is 2. The molecule has 23 heavy (non-hydrogen) atoms. The second-order valence-corrected chi connectivity index (χ2v) is 5.08. The number of ketones is 1. The molecule has 0 fully saturated rings. The number of benzene rings is 1. The van der Waals surface area contributed by atoms with Crippen molar-refractivity contribution < 1.29 is 14.7 Å². The van der Waals surface area contributed by atoms with Crippen LogP contribution in [0.4, 0.5) is 4.79 Å². The zero-order valence-corrected chi connectivity index (χ0v) is 12.3. The van der Waals surface area contributed by atoms with Crippen LogP contribution in [0.1, 0.15) is 29.0 Å². The Morgan fingerprint density at radius 2 is 1.96 bits per heavy atom. The fraction of sp³-hybridized carbons (Fsp3) is 0.125. The molecule has 0 saturated carbocycles. The Labute approximate surface area is 132 Å². The zero-order valence-electron chi connectivity index (χ0n) is 12.3. The van der Waals surface area contributed by atoms with Gasteiger partial charge in [0.05, 0.1) is 12.2 Å². The molecule has 1 atom stereocenters. The van der Waals surface area contributed by atoms with Gasteiger partial charge >= 0.3 is 6.03 Å². The van der Waals surface area contributed by atoms with Crippen LogP contribution in [-0.2, 0) is 0 Å². The minimum atomic E-state index is -0.626. The van der Waals surface area contributed by atoms with E-state index in [1.165, 1.54) is 30.7 Å². The van der Waals surface area contributed by atoms with Crippen LogP contribution in [0.3, 0.4) is 0 Å². The molecule has 0 saturated heterocycles. The third-order valence-electron chi connectivity index (χ3n) is 3.54. The van der Waals surface area contributed by atoms with Crippen LogP contribution in [0.2, 0.25) is 0 Å². The number of hydrogen-bond donors (Lipinski definition) is 3. The number of hydrogen-bond acceptors (Lipinski definition) is 5. The molecule has 1 aromatic carbocycles. The van der Waals surface area contributed by atoms with Crippen molar-refractivity contribution >= 4 is 11.8 Å². The molecule has 1 aromatic heterocycles. The van der Waals surface area contributed by atoms with Gasteiger partial charge in [-0.2, -0.15) is 0 Å². The van der Waals surface area contributed by atoms with E-state index in [1.807, 2.05) is 0 Å². The smallest absolute Gasteiger partial charge is 0.319 e. The first-order valence-electron chi connectivity index (χ1n) is 6.94. The Morgan fingerprint density at radius 3 is 2.61 bits per heavy atom. The maximum atomic E-state index is 12.8. The first-order valence-corrected chi connectivity index (χ1v) is 6.94. The van der Waals surface area contributed by atoms with E-state index in [2.05, 4.69) is 20.6 Å². The van der Waals surface area contributed by atoms with E-state index < -0.39 is 12.1 Å². The largest absolute Gasteiger partial charge is 0.508 e. The normalized spacial score (nSPS) is 17.4. The second-order valence-electron chi connectivity index (χ2n) is 5.08. The minimum absolute atomic E-state index is 0.108. The lowest BCUT2D eigenvalue weighted by Gasteiger charge is -2.28. The summed E-state index contributed by atoms with van der Waals surface area (Å²) in [6, 6.07) is 5.30. The van der Waals surface area contributed by atoms with Crippen LogP contribution >= 0.6 is 0 Å². The molecular formula is C16H14N4O3. The highest BCUT2D eigenvalue weighted by molar-refractivity contribution is 6.09. The fourth-order valence-electron chi connectivity index (χ4n) is 2.47. The molecule has 0 spiro atoms. The minimum Gasteiger partial charge on any atom is -0.508 e. The maximum Gasteiger partial charge on any atom is 0.319 e. The summed E-state index contributed by atoms with van der Waals surface area (Å²) in [5.74, 6) is -0.210. The van der Waals surface area contributed by atoms with E-state index in [-0.39, 0.29) is 17.2 Å². The lowest BCUT2D eigenvalue weighted by molar-refractivity contribution is 0.101. The van der Waals surface area contributed by atoms with E-state index in [1.54, 1.807) is 19.1 Å². The van der Waals surface area contributed by atoms with Crippen molar-refractivity contribution in [3.63, 3.8) is 0 Å². The predicted octanol–water partition coefficient (Wildman–Crippen LogP) is 1.69. The Bertz CT molecular complexity index is 785. The standard InChI is InChI=1S/C16H14N4O3/c1-9-13(15(22)12-8-17-6-7-18-12)14(20-16(23)19-9)10-2-4-11(21)5-3-10/h2-8,14,21H,1H3,(H2,19,20,23). The van der Waals surface area contributed by atoms with Gasteiger partial charge < -0.3 is 15.7 Å². The van der Waals surface area contributed by atoms with Crippen LogP contribution in [0, 0.1) is 0 Å². The van der Waals surface area contributed by atoms with Crippen molar-refractivity contribution in [3.05, 3.63) is 65.4 Å². The lowest BCUT2D eigenvalue weighted by atomic mass is 9.91. The first-order chi connectivity index (χ1) is 11.1. The van der Waals surface area contributed by atoms with Gasteiger partial charge in [0.2, 0.25) is 5.78 Å². The van der Waals surface area contributed by atoms with Gasteiger partial charge in [-0.1, -0.05) is 12.1 Å². The average Bonchev–Trinajstić information content (AvgIpc) is 2.55. The second kappa shape index (κ2) is 5.88. The number of carbonyl (C=O) groups is 2. The van der Waals surface area contributed by atoms with Crippen LogP contribution in [0.15, 0.2) is 54.1 Å². The van der Waals surface area contributed by atoms with Crippen molar-refractivity contribution in [1.29, 1.82) is 0 Å². The number of nitrogens with zero attached hydrogens (tertiary/aromatic N) is 2. The Kier molecular flexibility index (Phi) is 3.76. The Morgan fingerprint density at radius 1 is 1.22 bits per heavy atom. The van der Waals surface area contributed by atoms with Gasteiger partial charge in [0, 0.05) is 23.7 Å². The fourth-order valence-corrected chi connectivity index (χ4v) is 2.47. The molecular weight excluding hydrogens is 296 g/mol. The molecule has 0 aliphatic carbocycles. The van der Waals surface area contributed by atoms with Crippen molar-refractivity contribution in [3.8, 4) is 5.75 Å². The summed E-state index contributed by atoms with van der Waals surface area (Å²) in [7, 11) is 0. The number of rotatable bonds is 3. The highest BCUT2D eigenvalue weighted by Gasteiger charge is 2.32. The van der Waals surface area contributed by atoms with Crippen LogP contribution in [0.25, 0.3) is 0 Å². The molecule has 7 nitrogen and oxygen atoms in total. The number of urea groups is 1. The van der Waals surface area contributed by atoms with Crippen LogP contribution in [0.5, 0.6) is 5.75 Å². The Balaban J connectivity index is 2.06. The van der Waals surface area contributed by atoms with Crippen molar-refractivity contribution in [2.24, 2.45) is 0 Å². The summed E-state index contributed by atoms with van der Waals surface area (Å²) in [4.78, 5) is 32.5. The maximum absolute atomic E-state index is 12.8. The van der Waals surface area contributed by atoms with E-state index >= 15 is 0 Å². The van der Waals surface area contributed by atoms with Crippen molar-refractivity contribution in [2.45, 2.75) is 13.0 Å². The molecule has 3 rings (SSSR count). The molecule has 7 heteroatoms. The quantitative estimate of drug-likeness (QED) is 0.748. The van der Waals surface area contributed by atoms with Crippen LogP contribution in [-0.4, -0.2) is 26.9 Å². The number of allylic oxidation sites excluding steroid dienone is 1. The third-order valence-corrected chi connectivity index (χ3v) is 3.54. The molecule has 0 radical (unpaired) electrons. The van der Waals surface area contributed by atoms with E-state index in [0.29, 0.717) is 16.8 Å². The number of aromatic nitrogens is 2. The molecule has 1 aliphatic heterocycles. The molecule has 3 N–H and O–H groups in total. The number of phenols is 1. The molecule has 2 aromatic rings. The van der Waals surface area contributed by atoms with Crippen LogP contribution < -0.4 is 10.6 Å². The van der Waals surface area contributed by atoms with Gasteiger partial charge in [-0.05, 0) is 24.6 Å². The predicted molar refractivity (Wildman–Crippen MR) is 81.6 cm³/mol. The van der Waals surface area contributed by atoms with E-state index in [9.17, 15) is 14.7 Å². The monoisotopic (exact) mass is 310 g/mol. The van der Waals surface area contributed by atoms with Gasteiger partial charge in [0.15, 0.2) is 0 Å². The summed E-state index contributed by atoms with van der Waals surface area (Å²) in [5, 5.41) is 14.7. The number of amides is 2. The summed E-state index contributed by atoms with van der Waals surface area (Å²) < 4.78 is 0. The van der Waals surface area contributed by atoms with Gasteiger partial charge in [-0.3, -0.25) is 9.78 Å². The van der Waals surface area contributed by atoms with Gasteiger partial charge in [0.25, 0.3) is 0 Å². The first kappa shape index (κ1) is 14.7. The lowest BCUT2D eigenvalue weighted by Crippen LogP contribution is -2.45. The SMILES string of the molecule is CC1=C(C(=O)c2cnccn2)C(c2ccc(O)cc2)NC(=O)N1. The van der Waals surface area contributed by atoms with Gasteiger partial charge in [0.1, 0.15) is 11.4 Å². The zero-order chi connectivity index (χ0) is 16.4. The van der Waals surface area contributed by atoms with Gasteiger partial charge in [-0.15, -0.1) is 0 Å².